The molecule has 5 N–H and O–H groups in total. The molecule has 0 saturated heterocycles. The van der Waals surface area contributed by atoms with Crippen LogP contribution in [0.25, 0.3) is 10.9 Å². The molecule has 8 nitrogen and oxygen atoms in total. The second-order valence-corrected chi connectivity index (χ2v) is 4.84. The van der Waals surface area contributed by atoms with E-state index < -0.39 is 17.9 Å². The summed E-state index contributed by atoms with van der Waals surface area (Å²) in [6, 6.07) is 6.75. The number of nitrogens with one attached hydrogen (secondary N) is 4. The van der Waals surface area contributed by atoms with E-state index >= 15 is 0 Å². The van der Waals surface area contributed by atoms with Gasteiger partial charge in [0.1, 0.15) is 5.69 Å². The minimum absolute atomic E-state index is 0.0398. The van der Waals surface area contributed by atoms with Crippen LogP contribution in [0, 0.1) is 0 Å². The van der Waals surface area contributed by atoms with Crippen LogP contribution >= 0.6 is 11.6 Å². The molecule has 1 heterocycles. The summed E-state index contributed by atoms with van der Waals surface area (Å²) in [5.41, 5.74) is 5.43. The molecule has 22 heavy (non-hydrogen) atoms. The normalized spacial score (nSPS) is 10.2. The Labute approximate surface area is 129 Å². The van der Waals surface area contributed by atoms with E-state index in [2.05, 4.69) is 15.8 Å². The lowest BCUT2D eigenvalue weighted by molar-refractivity contribution is -0.121. The minimum atomic E-state index is -1.21. The first-order chi connectivity index (χ1) is 10.5. The lowest BCUT2D eigenvalue weighted by Gasteiger charge is -2.06. The summed E-state index contributed by atoms with van der Waals surface area (Å²) in [5.74, 6) is -1.03. The Morgan fingerprint density at radius 1 is 1.18 bits per heavy atom. The third-order valence-electron chi connectivity index (χ3n) is 2.77. The number of rotatable bonds is 4. The molecule has 2 rings (SSSR count). The zero-order valence-electron chi connectivity index (χ0n) is 11.3. The highest BCUT2D eigenvalue weighted by atomic mass is 35.5. The molecule has 0 aliphatic heterocycles. The number of H-pyrrole nitrogens is 1. The molecule has 1 aromatic carbocycles. The van der Waals surface area contributed by atoms with Crippen molar-refractivity contribution in [1.29, 1.82) is 0 Å². The fourth-order valence-electron chi connectivity index (χ4n) is 1.77. The number of halogens is 1. The van der Waals surface area contributed by atoms with Gasteiger partial charge in [0.15, 0.2) is 0 Å². The summed E-state index contributed by atoms with van der Waals surface area (Å²) in [4.78, 5) is 36.4. The summed E-state index contributed by atoms with van der Waals surface area (Å²) in [7, 11) is 0. The quantitative estimate of drug-likeness (QED) is 0.543. The third kappa shape index (κ3) is 4.13. The van der Waals surface area contributed by atoms with Gasteiger partial charge in [-0.15, -0.1) is 0 Å². The van der Waals surface area contributed by atoms with Crippen LogP contribution in [0.2, 0.25) is 5.02 Å². The predicted octanol–water partition coefficient (Wildman–Crippen LogP) is 1.24. The zero-order chi connectivity index (χ0) is 16.1. The van der Waals surface area contributed by atoms with Gasteiger partial charge in [-0.05, 0) is 24.3 Å². The smallest absolute Gasteiger partial charge is 0.404 e. The van der Waals surface area contributed by atoms with E-state index in [1.165, 1.54) is 0 Å². The topological polar surface area (TPSA) is 123 Å². The highest BCUT2D eigenvalue weighted by molar-refractivity contribution is 6.31. The van der Waals surface area contributed by atoms with E-state index in [9.17, 15) is 14.4 Å². The summed E-state index contributed by atoms with van der Waals surface area (Å²) in [5, 5.41) is 11.7. The number of fused-ring (bicyclic) bond motifs is 1. The maximum Gasteiger partial charge on any atom is 0.404 e. The van der Waals surface area contributed by atoms with E-state index in [1.54, 1.807) is 24.3 Å². The lowest BCUT2D eigenvalue weighted by Crippen LogP contribution is -2.42. The number of benzene rings is 1. The maximum atomic E-state index is 11.9. The predicted molar refractivity (Wildman–Crippen MR) is 79.6 cm³/mol. The molecular weight excluding hydrogens is 312 g/mol. The molecular formula is C13H13ClN4O4. The van der Waals surface area contributed by atoms with E-state index in [-0.39, 0.29) is 18.7 Å². The van der Waals surface area contributed by atoms with Gasteiger partial charge in [-0.1, -0.05) is 11.6 Å². The number of hydrazine groups is 1. The first kappa shape index (κ1) is 15.6. The fourth-order valence-corrected chi connectivity index (χ4v) is 1.95. The molecule has 1 aromatic heterocycles. The van der Waals surface area contributed by atoms with Crippen LogP contribution in [0.4, 0.5) is 4.79 Å². The van der Waals surface area contributed by atoms with E-state index in [0.717, 1.165) is 10.9 Å². The number of aromatic nitrogens is 1. The largest absolute Gasteiger partial charge is 0.465 e. The summed E-state index contributed by atoms with van der Waals surface area (Å²) >= 11 is 5.86. The van der Waals surface area contributed by atoms with Crippen LogP contribution in [0.5, 0.6) is 0 Å². The summed E-state index contributed by atoms with van der Waals surface area (Å²) in [6.45, 7) is -0.0398. The van der Waals surface area contributed by atoms with Gasteiger partial charge in [0.05, 0.1) is 0 Å². The molecule has 0 aliphatic carbocycles. The summed E-state index contributed by atoms with van der Waals surface area (Å²) < 4.78 is 0. The first-order valence-corrected chi connectivity index (χ1v) is 6.68. The average Bonchev–Trinajstić information content (AvgIpc) is 2.87. The molecule has 0 atom stereocenters. The second-order valence-electron chi connectivity index (χ2n) is 4.40. The lowest BCUT2D eigenvalue weighted by atomic mass is 10.2. The van der Waals surface area contributed by atoms with Gasteiger partial charge < -0.3 is 15.4 Å². The number of amides is 3. The number of hydrogen-bond acceptors (Lipinski definition) is 3. The molecule has 3 amide bonds. The van der Waals surface area contributed by atoms with Crippen LogP contribution in [0.1, 0.15) is 16.9 Å². The third-order valence-corrected chi connectivity index (χ3v) is 3.01. The van der Waals surface area contributed by atoms with Crippen molar-refractivity contribution in [3.8, 4) is 0 Å². The highest BCUT2D eigenvalue weighted by Gasteiger charge is 2.11. The van der Waals surface area contributed by atoms with Crippen molar-refractivity contribution >= 4 is 40.4 Å². The van der Waals surface area contributed by atoms with E-state index in [0.29, 0.717) is 5.02 Å². The fraction of sp³-hybridized carbons (Fsp3) is 0.154. The number of carbonyl (C=O) groups is 3. The molecule has 116 valence electrons. The molecule has 0 radical (unpaired) electrons. The first-order valence-electron chi connectivity index (χ1n) is 6.30. The van der Waals surface area contributed by atoms with E-state index in [1.807, 2.05) is 5.32 Å². The number of carboxylic acid groups (broad SMARTS) is 1. The molecule has 0 saturated carbocycles. The molecule has 0 fully saturated rings. The second kappa shape index (κ2) is 6.81. The van der Waals surface area contributed by atoms with Gasteiger partial charge in [0.2, 0.25) is 5.91 Å². The van der Waals surface area contributed by atoms with Crippen LogP contribution in [0.3, 0.4) is 0 Å². The molecule has 0 unspecified atom stereocenters. The van der Waals surface area contributed by atoms with Crippen molar-refractivity contribution in [1.82, 2.24) is 21.2 Å². The zero-order valence-corrected chi connectivity index (χ0v) is 12.0. The standard InChI is InChI=1S/C13H13ClN4O4/c14-8-1-2-9-7(5-8)6-10(16-9)12(20)18-17-11(19)3-4-15-13(21)22/h1-2,5-6,15-16H,3-4H2,(H,17,19)(H,18,20)(H,21,22). The number of carbonyl (C=O) groups excluding carboxylic acids is 2. The van der Waals surface area contributed by atoms with Crippen LogP contribution in [0.15, 0.2) is 24.3 Å². The number of aromatic amines is 1. The van der Waals surface area contributed by atoms with Gasteiger partial charge in [-0.25, -0.2) is 4.79 Å². The molecule has 0 aliphatic rings. The summed E-state index contributed by atoms with van der Waals surface area (Å²) in [6.07, 6.45) is -1.30. The Balaban J connectivity index is 1.88. The Hall–Kier alpha value is -2.74. The Kier molecular flexibility index (Phi) is 4.84. The van der Waals surface area contributed by atoms with Gasteiger partial charge >= 0.3 is 6.09 Å². The van der Waals surface area contributed by atoms with Crippen molar-refractivity contribution in [2.24, 2.45) is 0 Å². The van der Waals surface area contributed by atoms with Crippen molar-refractivity contribution in [3.05, 3.63) is 35.0 Å². The van der Waals surface area contributed by atoms with Gasteiger partial charge in [-0.3, -0.25) is 20.4 Å². The maximum absolute atomic E-state index is 11.9. The monoisotopic (exact) mass is 324 g/mol. The van der Waals surface area contributed by atoms with E-state index in [4.69, 9.17) is 16.7 Å². The van der Waals surface area contributed by atoms with Crippen molar-refractivity contribution in [3.63, 3.8) is 0 Å². The van der Waals surface area contributed by atoms with Crippen molar-refractivity contribution in [2.75, 3.05) is 6.54 Å². The molecule has 0 bridgehead atoms. The molecule has 0 spiro atoms. The van der Waals surface area contributed by atoms with Crippen molar-refractivity contribution in [2.45, 2.75) is 6.42 Å². The Morgan fingerprint density at radius 3 is 2.68 bits per heavy atom. The van der Waals surface area contributed by atoms with Gasteiger partial charge in [-0.2, -0.15) is 0 Å². The van der Waals surface area contributed by atoms with Crippen LogP contribution in [-0.4, -0.2) is 34.5 Å². The highest BCUT2D eigenvalue weighted by Crippen LogP contribution is 2.19. The molecule has 2 aromatic rings. The number of hydrogen-bond donors (Lipinski definition) is 5. The molecule has 9 heteroatoms. The van der Waals surface area contributed by atoms with Crippen molar-refractivity contribution < 1.29 is 19.5 Å². The Bertz CT molecular complexity index is 728. The van der Waals surface area contributed by atoms with Gasteiger partial charge in [0.25, 0.3) is 5.91 Å². The average molecular weight is 325 g/mol. The SMILES string of the molecule is O=C(O)NCCC(=O)NNC(=O)c1cc2cc(Cl)ccc2[nH]1. The van der Waals surface area contributed by atoms with Gasteiger partial charge in [0, 0.05) is 28.9 Å². The van der Waals surface area contributed by atoms with Crippen LogP contribution in [-0.2, 0) is 4.79 Å². The Morgan fingerprint density at radius 2 is 1.95 bits per heavy atom. The van der Waals surface area contributed by atoms with Crippen LogP contribution < -0.4 is 16.2 Å². The minimum Gasteiger partial charge on any atom is -0.465 e.